The zero-order chi connectivity index (χ0) is 40.7. The fourth-order valence-corrected chi connectivity index (χ4v) is 7.03. The highest BCUT2D eigenvalue weighted by molar-refractivity contribution is 7.67. The van der Waals surface area contributed by atoms with Crippen LogP contribution in [0.2, 0.25) is 0 Å². The Balaban J connectivity index is 0.000000362. The van der Waals surface area contributed by atoms with E-state index in [-0.39, 0.29) is 6.16 Å². The predicted octanol–water partition coefficient (Wildman–Crippen LogP) is 12.1. The van der Waals surface area contributed by atoms with Gasteiger partial charge < -0.3 is 28.6 Å². The summed E-state index contributed by atoms with van der Waals surface area (Å²) in [6, 6.07) is 44.2. The summed E-state index contributed by atoms with van der Waals surface area (Å²) in [6.07, 6.45) is 4.44. The number of aliphatic hydroxyl groups excluding tert-OH is 1. The van der Waals surface area contributed by atoms with Gasteiger partial charge in [0.2, 0.25) is 0 Å². The van der Waals surface area contributed by atoms with Crippen molar-refractivity contribution in [3.05, 3.63) is 140 Å². The molecule has 3 atom stereocenters. The highest BCUT2D eigenvalue weighted by atomic mass is 31.2. The smallest absolute Gasteiger partial charge is 0.280 e. The van der Waals surface area contributed by atoms with E-state index in [2.05, 4.69) is 34.6 Å². The highest BCUT2D eigenvalue weighted by Crippen LogP contribution is 2.54. The third-order valence-electron chi connectivity index (χ3n) is 7.41. The van der Waals surface area contributed by atoms with Crippen molar-refractivity contribution in [3.8, 4) is 34.1 Å². The monoisotopic (exact) mass is 772 g/mol. The zero-order valence-corrected chi connectivity index (χ0v) is 35.4. The van der Waals surface area contributed by atoms with Crippen molar-refractivity contribution in [3.63, 3.8) is 0 Å². The van der Waals surface area contributed by atoms with E-state index in [1.807, 2.05) is 146 Å². The predicted molar refractivity (Wildman–Crippen MR) is 232 cm³/mol. The van der Waals surface area contributed by atoms with Crippen LogP contribution in [-0.4, -0.2) is 51.4 Å². The Morgan fingerprint density at radius 3 is 1.29 bits per heavy atom. The summed E-state index contributed by atoms with van der Waals surface area (Å²) in [5.74, 6) is 3.37. The number of rotatable bonds is 7. The van der Waals surface area contributed by atoms with Gasteiger partial charge >= 0.3 is 0 Å². The molecule has 1 saturated heterocycles. The Kier molecular flexibility index (Phi) is 26.2. The number of aliphatic hydroxyl groups is 1. The van der Waals surface area contributed by atoms with Crippen LogP contribution in [-0.2, 0) is 9.30 Å². The summed E-state index contributed by atoms with van der Waals surface area (Å²) in [5.41, 5.74) is 1.90. The van der Waals surface area contributed by atoms with E-state index in [4.69, 9.17) is 23.5 Å². The first-order valence-corrected chi connectivity index (χ1v) is 21.1. The van der Waals surface area contributed by atoms with Crippen LogP contribution in [0.1, 0.15) is 67.2 Å². The molecule has 2 aliphatic rings. The summed E-state index contributed by atoms with van der Waals surface area (Å²) in [4.78, 5) is 0. The molecule has 0 amide bonds. The van der Waals surface area contributed by atoms with Gasteiger partial charge in [-0.25, -0.2) is 0 Å². The van der Waals surface area contributed by atoms with E-state index < -0.39 is 13.5 Å². The van der Waals surface area contributed by atoms with E-state index in [0.29, 0.717) is 23.6 Å². The molecule has 7 nitrogen and oxygen atoms in total. The lowest BCUT2D eigenvalue weighted by molar-refractivity contribution is 0.191. The van der Waals surface area contributed by atoms with Gasteiger partial charge in [0, 0.05) is 5.56 Å². The van der Waals surface area contributed by atoms with Gasteiger partial charge in [-0.15, -0.1) is 0 Å². The molecule has 1 N–H and O–H groups in total. The van der Waals surface area contributed by atoms with E-state index in [0.717, 1.165) is 35.0 Å². The molecule has 7 rings (SSSR count). The first kappa shape index (κ1) is 48.5. The average Bonchev–Trinajstić information content (AvgIpc) is 4.09. The Hall–Kier alpha value is -4.55. The van der Waals surface area contributed by atoms with Gasteiger partial charge in [-0.3, -0.25) is 4.57 Å². The summed E-state index contributed by atoms with van der Waals surface area (Å²) in [7, 11) is 1.93. The largest absolute Gasteiger partial charge is 0.497 e. The van der Waals surface area contributed by atoms with Crippen molar-refractivity contribution in [2.45, 2.75) is 79.4 Å². The van der Waals surface area contributed by atoms with E-state index >= 15 is 0 Å². The van der Waals surface area contributed by atoms with Crippen LogP contribution in [0.15, 0.2) is 140 Å². The van der Waals surface area contributed by atoms with Gasteiger partial charge in [0.15, 0.2) is 0 Å². The summed E-state index contributed by atoms with van der Waals surface area (Å²) < 4.78 is 38.6. The number of ether oxygens (including phenoxy) is 4. The molecule has 300 valence electrons. The number of hydrogen-bond acceptors (Lipinski definition) is 7. The zero-order valence-electron chi connectivity index (χ0n) is 34.5. The molecule has 5 aromatic rings. The molecule has 2 aliphatic heterocycles. The van der Waals surface area contributed by atoms with Crippen LogP contribution in [0.3, 0.4) is 0 Å². The third-order valence-corrected chi connectivity index (χ3v) is 9.93. The van der Waals surface area contributed by atoms with Gasteiger partial charge in [-0.1, -0.05) is 145 Å². The molecule has 2 heterocycles. The van der Waals surface area contributed by atoms with Crippen LogP contribution >= 0.6 is 7.37 Å². The maximum atomic E-state index is 13.2. The van der Waals surface area contributed by atoms with Crippen molar-refractivity contribution in [2.75, 3.05) is 34.1 Å². The molecule has 0 aromatic heterocycles. The molecular formula is C47H65O7P. The maximum absolute atomic E-state index is 13.2. The van der Waals surface area contributed by atoms with Crippen molar-refractivity contribution in [1.29, 1.82) is 0 Å². The van der Waals surface area contributed by atoms with Crippen LogP contribution in [0.5, 0.6) is 23.0 Å². The number of hydrogen-bond donors (Lipinski definition) is 1. The Morgan fingerprint density at radius 2 is 0.964 bits per heavy atom. The van der Waals surface area contributed by atoms with Crippen molar-refractivity contribution in [2.24, 2.45) is 0 Å². The lowest BCUT2D eigenvalue weighted by atomic mass is 10.0. The van der Waals surface area contributed by atoms with E-state index in [1.54, 1.807) is 21.3 Å². The second-order valence-corrected chi connectivity index (χ2v) is 14.7. The minimum Gasteiger partial charge on any atom is -0.497 e. The van der Waals surface area contributed by atoms with Gasteiger partial charge in [-0.2, -0.15) is 0 Å². The molecule has 3 unspecified atom stereocenters. The number of benzene rings is 5. The molecule has 55 heavy (non-hydrogen) atoms. The van der Waals surface area contributed by atoms with Crippen molar-refractivity contribution in [1.82, 2.24) is 0 Å². The molecule has 0 saturated carbocycles. The molecule has 0 aliphatic carbocycles. The lowest BCUT2D eigenvalue weighted by Gasteiger charge is -2.29. The Morgan fingerprint density at radius 1 is 0.600 bits per heavy atom. The first-order valence-electron chi connectivity index (χ1n) is 19.2. The number of methoxy groups -OCH3 is 3. The average molecular weight is 773 g/mol. The lowest BCUT2D eigenvalue weighted by Crippen LogP contribution is -2.24. The number of fused-ring (bicyclic) bond motifs is 3. The van der Waals surface area contributed by atoms with Gasteiger partial charge in [0.25, 0.3) is 7.37 Å². The third kappa shape index (κ3) is 20.1. The minimum atomic E-state index is -3.06. The standard InChI is InChI=1S/C16H17O3P.3C7H8O.C4H8O.2C3H8/c1-2-12(17)11-20(18)16-10-6-4-8-14(16)13-7-3-5-9-15(13)19-20;3*1-8-7-5-3-2-4-6-7;1-2-4-3-5-4;2*1-3-2/h3-10,12,17H,2,11H2,1H3;3*2-6H,1H3;4H,2-3H2,1H3;2*3H2,1-2H3. The second kappa shape index (κ2) is 29.8. The highest BCUT2D eigenvalue weighted by Gasteiger charge is 2.37. The van der Waals surface area contributed by atoms with Gasteiger partial charge in [0.05, 0.1) is 51.6 Å². The first-order chi connectivity index (χ1) is 26.7. The maximum Gasteiger partial charge on any atom is 0.280 e. The molecular weight excluding hydrogens is 707 g/mol. The Labute approximate surface area is 332 Å². The normalized spacial score (nSPS) is 15.3. The van der Waals surface area contributed by atoms with Crippen molar-refractivity contribution >= 4 is 12.7 Å². The molecule has 0 radical (unpaired) electrons. The molecule has 8 heteroatoms. The van der Waals surface area contributed by atoms with Gasteiger partial charge in [0.1, 0.15) is 23.0 Å². The summed E-state index contributed by atoms with van der Waals surface area (Å²) in [5, 5.41) is 10.6. The molecule has 0 spiro atoms. The quantitative estimate of drug-likeness (QED) is 0.130. The summed E-state index contributed by atoms with van der Waals surface area (Å²) in [6.45, 7) is 13.5. The van der Waals surface area contributed by atoms with E-state index in [1.165, 1.54) is 19.3 Å². The molecule has 5 aromatic carbocycles. The molecule has 0 bridgehead atoms. The second-order valence-electron chi connectivity index (χ2n) is 12.4. The SMILES string of the molecule is CCC.CCC.CCC(O)CP1(=O)Oc2ccccc2-c2ccccc21.CCC1CO1.COc1ccccc1.COc1ccccc1.COc1ccccc1. The van der Waals surface area contributed by atoms with Crippen molar-refractivity contribution < 1.29 is 33.1 Å². The van der Waals surface area contributed by atoms with Crippen LogP contribution in [0, 0.1) is 0 Å². The minimum absolute atomic E-state index is 0.162. The van der Waals surface area contributed by atoms with Gasteiger partial charge in [-0.05, 0) is 66.9 Å². The number of para-hydroxylation sites is 4. The van der Waals surface area contributed by atoms with Crippen LogP contribution < -0.4 is 24.0 Å². The summed E-state index contributed by atoms with van der Waals surface area (Å²) >= 11 is 0. The van der Waals surface area contributed by atoms with Crippen LogP contribution in [0.25, 0.3) is 11.1 Å². The topological polar surface area (TPSA) is 86.8 Å². The van der Waals surface area contributed by atoms with E-state index in [9.17, 15) is 9.67 Å². The molecule has 1 fully saturated rings. The van der Waals surface area contributed by atoms with Crippen LogP contribution in [0.4, 0.5) is 0 Å². The number of epoxide rings is 1. The Bertz CT molecular complexity index is 1580. The fraction of sp³-hybridized carbons (Fsp3) is 0.362. The fourth-order valence-electron chi connectivity index (χ4n) is 4.49.